The molecule has 2 heterocycles. The SMILES string of the molecule is COCCn1c(Sc2ccc(C(=O)c3ccccc3)cc2[N+](=O)[O-])nnc1-c1ccncc1. The lowest BCUT2D eigenvalue weighted by molar-refractivity contribution is -0.387. The van der Waals surface area contributed by atoms with Crippen LogP contribution in [0.1, 0.15) is 15.9 Å². The van der Waals surface area contributed by atoms with Gasteiger partial charge in [0.25, 0.3) is 5.69 Å². The normalized spacial score (nSPS) is 10.8. The van der Waals surface area contributed by atoms with Gasteiger partial charge in [0.2, 0.25) is 0 Å². The first-order valence-electron chi connectivity index (χ1n) is 9.97. The largest absolute Gasteiger partial charge is 0.383 e. The highest BCUT2D eigenvalue weighted by molar-refractivity contribution is 7.99. The van der Waals surface area contributed by atoms with Crippen molar-refractivity contribution in [2.45, 2.75) is 16.6 Å². The number of nitro groups is 1. The van der Waals surface area contributed by atoms with Crippen molar-refractivity contribution in [3.63, 3.8) is 0 Å². The molecule has 0 radical (unpaired) electrons. The second-order valence-electron chi connectivity index (χ2n) is 6.92. The molecule has 0 fully saturated rings. The molecule has 2 aromatic carbocycles. The predicted molar refractivity (Wildman–Crippen MR) is 122 cm³/mol. The Morgan fingerprint density at radius 2 is 1.82 bits per heavy atom. The van der Waals surface area contributed by atoms with Crippen LogP contribution in [0.3, 0.4) is 0 Å². The lowest BCUT2D eigenvalue weighted by Gasteiger charge is -2.10. The number of hydrogen-bond acceptors (Lipinski definition) is 8. The average Bonchev–Trinajstić information content (AvgIpc) is 3.25. The lowest BCUT2D eigenvalue weighted by atomic mass is 10.0. The molecule has 166 valence electrons. The molecule has 10 heteroatoms. The molecule has 0 N–H and O–H groups in total. The number of rotatable bonds is 9. The summed E-state index contributed by atoms with van der Waals surface area (Å²) in [6.07, 6.45) is 3.32. The maximum Gasteiger partial charge on any atom is 0.284 e. The van der Waals surface area contributed by atoms with Gasteiger partial charge in [0.15, 0.2) is 16.8 Å². The number of benzene rings is 2. The zero-order chi connectivity index (χ0) is 23.2. The van der Waals surface area contributed by atoms with E-state index in [0.717, 1.165) is 17.3 Å². The highest BCUT2D eigenvalue weighted by Gasteiger charge is 2.22. The maximum atomic E-state index is 12.7. The smallest absolute Gasteiger partial charge is 0.284 e. The topological polar surface area (TPSA) is 113 Å². The zero-order valence-corrected chi connectivity index (χ0v) is 18.4. The molecule has 0 atom stereocenters. The van der Waals surface area contributed by atoms with Gasteiger partial charge in [-0.25, -0.2) is 0 Å². The maximum absolute atomic E-state index is 12.7. The highest BCUT2D eigenvalue weighted by Crippen LogP contribution is 2.36. The van der Waals surface area contributed by atoms with E-state index in [-0.39, 0.29) is 17.0 Å². The fourth-order valence-electron chi connectivity index (χ4n) is 3.21. The molecule has 9 nitrogen and oxygen atoms in total. The summed E-state index contributed by atoms with van der Waals surface area (Å²) in [5, 5.41) is 20.8. The summed E-state index contributed by atoms with van der Waals surface area (Å²) < 4.78 is 7.06. The number of methoxy groups -OCH3 is 1. The molecule has 0 saturated heterocycles. The van der Waals surface area contributed by atoms with Crippen molar-refractivity contribution in [3.8, 4) is 11.4 Å². The van der Waals surface area contributed by atoms with Crippen LogP contribution in [0, 0.1) is 10.1 Å². The Labute approximate surface area is 193 Å². The Hall–Kier alpha value is -3.89. The van der Waals surface area contributed by atoms with E-state index < -0.39 is 4.92 Å². The molecule has 2 aromatic heterocycles. The molecule has 0 unspecified atom stereocenters. The van der Waals surface area contributed by atoms with Gasteiger partial charge >= 0.3 is 0 Å². The van der Waals surface area contributed by atoms with E-state index in [0.29, 0.717) is 34.6 Å². The predicted octanol–water partition coefficient (Wildman–Crippen LogP) is 4.28. The summed E-state index contributed by atoms with van der Waals surface area (Å²) in [7, 11) is 1.59. The van der Waals surface area contributed by atoms with Crippen LogP contribution < -0.4 is 0 Å². The summed E-state index contributed by atoms with van der Waals surface area (Å²) in [5.74, 6) is 0.328. The quantitative estimate of drug-likeness (QED) is 0.206. The lowest BCUT2D eigenvalue weighted by Crippen LogP contribution is -2.08. The van der Waals surface area contributed by atoms with Crippen LogP contribution in [0.2, 0.25) is 0 Å². The molecule has 0 saturated carbocycles. The summed E-state index contributed by atoms with van der Waals surface area (Å²) in [6, 6.07) is 16.7. The first kappa shape index (κ1) is 22.3. The Bertz CT molecular complexity index is 1280. The van der Waals surface area contributed by atoms with Gasteiger partial charge in [-0.2, -0.15) is 0 Å². The Morgan fingerprint density at radius 1 is 1.06 bits per heavy atom. The summed E-state index contributed by atoms with van der Waals surface area (Å²) in [5.41, 5.74) is 1.36. The van der Waals surface area contributed by atoms with E-state index in [1.165, 1.54) is 6.07 Å². The average molecular weight is 462 g/mol. The van der Waals surface area contributed by atoms with Crippen molar-refractivity contribution in [3.05, 3.63) is 94.3 Å². The van der Waals surface area contributed by atoms with Gasteiger partial charge in [0.05, 0.1) is 23.0 Å². The number of carbonyl (C=O) groups is 1. The number of aromatic nitrogens is 4. The summed E-state index contributed by atoms with van der Waals surface area (Å²) in [6.45, 7) is 0.873. The molecule has 0 aliphatic rings. The van der Waals surface area contributed by atoms with Crippen molar-refractivity contribution in [2.75, 3.05) is 13.7 Å². The third-order valence-electron chi connectivity index (χ3n) is 4.83. The van der Waals surface area contributed by atoms with Crippen molar-refractivity contribution in [1.29, 1.82) is 0 Å². The van der Waals surface area contributed by atoms with Crippen LogP contribution in [0.15, 0.2) is 83.1 Å². The number of pyridine rings is 1. The van der Waals surface area contributed by atoms with Gasteiger partial charge in [0, 0.05) is 42.3 Å². The standard InChI is InChI=1S/C23H19N5O4S/c1-32-14-13-27-22(17-9-11-24-12-10-17)25-26-23(27)33-20-8-7-18(15-19(20)28(30)31)21(29)16-5-3-2-4-6-16/h2-12,15H,13-14H2,1H3. The molecule has 33 heavy (non-hydrogen) atoms. The second-order valence-corrected chi connectivity index (χ2v) is 7.93. The number of ether oxygens (including phenoxy) is 1. The Morgan fingerprint density at radius 3 is 2.52 bits per heavy atom. The number of nitro benzene ring substituents is 1. The van der Waals surface area contributed by atoms with Crippen LogP contribution in [-0.4, -0.2) is 44.2 Å². The van der Waals surface area contributed by atoms with E-state index in [1.807, 2.05) is 16.7 Å². The zero-order valence-electron chi connectivity index (χ0n) is 17.6. The Kier molecular flexibility index (Phi) is 6.86. The first-order chi connectivity index (χ1) is 16.1. The van der Waals surface area contributed by atoms with Gasteiger partial charge in [-0.3, -0.25) is 24.5 Å². The summed E-state index contributed by atoms with van der Waals surface area (Å²) >= 11 is 1.12. The fraction of sp³-hybridized carbons (Fsp3) is 0.130. The molecule has 0 aliphatic heterocycles. The van der Waals surface area contributed by atoms with Crippen LogP contribution in [-0.2, 0) is 11.3 Å². The molecule has 4 rings (SSSR count). The van der Waals surface area contributed by atoms with Crippen LogP contribution >= 0.6 is 11.8 Å². The van der Waals surface area contributed by atoms with E-state index in [2.05, 4.69) is 15.2 Å². The van der Waals surface area contributed by atoms with E-state index in [1.54, 1.807) is 62.0 Å². The molecule has 0 bridgehead atoms. The number of nitrogens with zero attached hydrogens (tertiary/aromatic N) is 5. The van der Waals surface area contributed by atoms with E-state index in [9.17, 15) is 14.9 Å². The van der Waals surface area contributed by atoms with Crippen molar-refractivity contribution < 1.29 is 14.5 Å². The Balaban J connectivity index is 1.69. The minimum atomic E-state index is -0.496. The minimum Gasteiger partial charge on any atom is -0.383 e. The van der Waals surface area contributed by atoms with E-state index in [4.69, 9.17) is 4.74 Å². The van der Waals surface area contributed by atoms with Crippen molar-refractivity contribution in [1.82, 2.24) is 19.7 Å². The number of carbonyl (C=O) groups excluding carboxylic acids is 1. The fourth-order valence-corrected chi connectivity index (χ4v) is 4.15. The third-order valence-corrected chi connectivity index (χ3v) is 5.88. The van der Waals surface area contributed by atoms with Gasteiger partial charge in [-0.1, -0.05) is 30.3 Å². The summed E-state index contributed by atoms with van der Waals surface area (Å²) in [4.78, 5) is 28.5. The monoisotopic (exact) mass is 461 g/mol. The van der Waals surface area contributed by atoms with Crippen LogP contribution in [0.5, 0.6) is 0 Å². The number of hydrogen-bond donors (Lipinski definition) is 0. The van der Waals surface area contributed by atoms with Crippen molar-refractivity contribution >= 4 is 23.2 Å². The first-order valence-corrected chi connectivity index (χ1v) is 10.8. The molecular formula is C23H19N5O4S. The highest BCUT2D eigenvalue weighted by atomic mass is 32.2. The van der Waals surface area contributed by atoms with Crippen molar-refractivity contribution in [2.24, 2.45) is 0 Å². The van der Waals surface area contributed by atoms with Crippen LogP contribution in [0.4, 0.5) is 5.69 Å². The molecule has 0 amide bonds. The molecule has 0 spiro atoms. The van der Waals surface area contributed by atoms with Gasteiger partial charge in [-0.05, 0) is 36.0 Å². The molecule has 4 aromatic rings. The molecular weight excluding hydrogens is 442 g/mol. The van der Waals surface area contributed by atoms with Gasteiger partial charge < -0.3 is 4.74 Å². The second kappa shape index (κ2) is 10.2. The minimum absolute atomic E-state index is 0.173. The number of ketones is 1. The molecule has 0 aliphatic carbocycles. The van der Waals surface area contributed by atoms with Gasteiger partial charge in [-0.15, -0.1) is 10.2 Å². The van der Waals surface area contributed by atoms with Gasteiger partial charge in [0.1, 0.15) is 0 Å². The van der Waals surface area contributed by atoms with E-state index >= 15 is 0 Å². The van der Waals surface area contributed by atoms with Crippen LogP contribution in [0.25, 0.3) is 11.4 Å². The third kappa shape index (κ3) is 4.97.